The highest BCUT2D eigenvalue weighted by atomic mass is 31.2. The Labute approximate surface area is 331 Å². The number of methoxy groups -OCH3 is 1. The van der Waals surface area contributed by atoms with Crippen molar-refractivity contribution in [1.29, 1.82) is 0 Å². The van der Waals surface area contributed by atoms with Crippen LogP contribution in [0.2, 0.25) is 18.1 Å². The van der Waals surface area contributed by atoms with Crippen molar-refractivity contribution in [3.8, 4) is 5.75 Å². The molecule has 4 atom stereocenters. The molecule has 0 saturated carbocycles. The number of esters is 3. The van der Waals surface area contributed by atoms with Crippen LogP contribution in [0.3, 0.4) is 0 Å². The molecular formula is C45H52NO8PSi. The molecule has 0 aliphatic carbocycles. The van der Waals surface area contributed by atoms with Crippen molar-refractivity contribution < 1.29 is 37.8 Å². The lowest BCUT2D eigenvalue weighted by molar-refractivity contribution is -0.165. The van der Waals surface area contributed by atoms with Crippen molar-refractivity contribution in [3.63, 3.8) is 0 Å². The SMILES string of the molecule is C=CCOC(=O)C(N1C(=O)[C@H]([C@@H](C)O[Si](C)(C)C(C)(C)C)[C@H]1[C@@H](C)C(=O)OC(=O)c1ccc(OC)cc1)=P(c1ccccc1)(c1ccccc1)c1ccccc1. The number of hydrogen-bond donors (Lipinski definition) is 0. The number of β-lactam (4-membered cyclic amide) rings is 1. The predicted molar refractivity (Wildman–Crippen MR) is 226 cm³/mol. The molecule has 1 heterocycles. The van der Waals surface area contributed by atoms with E-state index in [1.54, 1.807) is 19.1 Å². The van der Waals surface area contributed by atoms with Crippen LogP contribution in [0.15, 0.2) is 128 Å². The van der Waals surface area contributed by atoms with E-state index in [-0.39, 0.29) is 28.5 Å². The van der Waals surface area contributed by atoms with E-state index < -0.39 is 57.1 Å². The average molecular weight is 794 g/mol. The lowest BCUT2D eigenvalue weighted by Gasteiger charge is -2.54. The second-order valence-corrected chi connectivity index (χ2v) is 23.5. The maximum atomic E-state index is 15.1. The van der Waals surface area contributed by atoms with Crippen LogP contribution in [-0.4, -0.2) is 68.3 Å². The number of likely N-dealkylation sites (tertiary alicyclic amines) is 1. The van der Waals surface area contributed by atoms with Crippen LogP contribution >= 0.6 is 6.89 Å². The third kappa shape index (κ3) is 8.24. The smallest absolute Gasteiger partial charge is 0.356 e. The summed E-state index contributed by atoms with van der Waals surface area (Å²) in [5.41, 5.74) is 0.261. The van der Waals surface area contributed by atoms with Gasteiger partial charge in [-0.1, -0.05) is 124 Å². The van der Waals surface area contributed by atoms with E-state index in [0.29, 0.717) is 5.75 Å². The summed E-state index contributed by atoms with van der Waals surface area (Å²) in [5.74, 6) is -4.22. The summed E-state index contributed by atoms with van der Waals surface area (Å²) < 4.78 is 23.5. The number of hydrogen-bond acceptors (Lipinski definition) is 8. The highest BCUT2D eigenvalue weighted by Gasteiger charge is 2.60. The quantitative estimate of drug-likeness (QED) is 0.0332. The molecule has 0 spiro atoms. The second-order valence-electron chi connectivity index (χ2n) is 15.4. The fourth-order valence-electron chi connectivity index (χ4n) is 6.98. The molecule has 5 rings (SSSR count). The Hall–Kier alpha value is -5.02. The number of benzene rings is 4. The topological polar surface area (TPSA) is 108 Å². The van der Waals surface area contributed by atoms with Crippen LogP contribution in [-0.2, 0) is 28.3 Å². The minimum absolute atomic E-state index is 0.106. The van der Waals surface area contributed by atoms with Crippen LogP contribution in [0.5, 0.6) is 5.75 Å². The second kappa shape index (κ2) is 17.4. The zero-order chi connectivity index (χ0) is 40.8. The van der Waals surface area contributed by atoms with Crippen molar-refractivity contribution in [2.24, 2.45) is 11.8 Å². The molecule has 0 radical (unpaired) electrons. The average Bonchev–Trinajstić information content (AvgIpc) is 3.19. The molecular weight excluding hydrogens is 742 g/mol. The predicted octanol–water partition coefficient (Wildman–Crippen LogP) is 7.11. The number of carbonyl (C=O) groups is 4. The van der Waals surface area contributed by atoms with E-state index in [4.69, 9.17) is 18.6 Å². The van der Waals surface area contributed by atoms with Gasteiger partial charge in [0.05, 0.1) is 36.7 Å². The number of amides is 1. The van der Waals surface area contributed by atoms with Crippen LogP contribution < -0.4 is 20.7 Å². The third-order valence-electron chi connectivity index (χ3n) is 10.9. The van der Waals surface area contributed by atoms with Crippen molar-refractivity contribution in [2.45, 2.75) is 64.9 Å². The summed E-state index contributed by atoms with van der Waals surface area (Å²) in [5, 5.41) is 2.22. The molecule has 1 saturated heterocycles. The number of carbonyl (C=O) groups excluding carboxylic acids is 4. The van der Waals surface area contributed by atoms with Gasteiger partial charge in [0.2, 0.25) is 5.91 Å². The van der Waals surface area contributed by atoms with E-state index in [1.807, 2.05) is 97.9 Å². The number of nitrogens with zero attached hydrogens (tertiary/aromatic N) is 1. The monoisotopic (exact) mass is 793 g/mol. The van der Waals surface area contributed by atoms with E-state index in [1.165, 1.54) is 30.2 Å². The van der Waals surface area contributed by atoms with Gasteiger partial charge in [-0.05, 0) is 72.2 Å². The first-order chi connectivity index (χ1) is 26.6. The van der Waals surface area contributed by atoms with Gasteiger partial charge in [-0.3, -0.25) is 9.59 Å². The standard InChI is InChI=1S/C45H52NO8PSi/c1-10-30-52-44(50)41(55(35-20-14-11-15-21-35,36-22-16-12-17-23-36)37-24-18-13-19-25-37)46-39(38(40(46)47)32(3)54-56(8,9)45(4,5)6)31(2)42(48)53-43(49)33-26-28-34(51-7)29-27-33/h10-29,31-32,38-39H,1,30H2,2-9H3/t31-,32-,38-,39-/m1/s1. The van der Waals surface area contributed by atoms with Crippen LogP contribution in [0.4, 0.5) is 0 Å². The number of rotatable bonds is 14. The Balaban J connectivity index is 1.79. The fraction of sp³-hybridized carbons (Fsp3) is 0.311. The molecule has 4 aromatic rings. The molecule has 294 valence electrons. The lowest BCUT2D eigenvalue weighted by atomic mass is 9.76. The lowest BCUT2D eigenvalue weighted by Crippen LogP contribution is -2.71. The first-order valence-corrected chi connectivity index (χ1v) is 23.4. The van der Waals surface area contributed by atoms with E-state index in [9.17, 15) is 14.4 Å². The van der Waals surface area contributed by atoms with Gasteiger partial charge in [-0.15, -0.1) is 0 Å². The Kier molecular flexibility index (Phi) is 13.1. The molecule has 1 amide bonds. The van der Waals surface area contributed by atoms with E-state index in [2.05, 4.69) is 40.4 Å². The van der Waals surface area contributed by atoms with Gasteiger partial charge in [0, 0.05) is 6.89 Å². The summed E-state index contributed by atoms with van der Waals surface area (Å²) >= 11 is 0. The maximum absolute atomic E-state index is 15.1. The molecule has 0 N–H and O–H groups in total. The molecule has 56 heavy (non-hydrogen) atoms. The third-order valence-corrected chi connectivity index (χ3v) is 19.7. The Bertz CT molecular complexity index is 1990. The maximum Gasteiger partial charge on any atom is 0.356 e. The zero-order valence-electron chi connectivity index (χ0n) is 33.4. The molecule has 1 aliphatic heterocycles. The van der Waals surface area contributed by atoms with Crippen LogP contribution in [0.25, 0.3) is 0 Å². The Morgan fingerprint density at radius 1 is 0.821 bits per heavy atom. The molecule has 0 unspecified atom stereocenters. The van der Waals surface area contributed by atoms with Crippen LogP contribution in [0.1, 0.15) is 45.0 Å². The minimum atomic E-state index is -3.28. The Morgan fingerprint density at radius 2 is 1.30 bits per heavy atom. The van der Waals surface area contributed by atoms with Crippen molar-refractivity contribution in [1.82, 2.24) is 4.90 Å². The van der Waals surface area contributed by atoms with Crippen molar-refractivity contribution in [2.75, 3.05) is 13.7 Å². The molecule has 9 nitrogen and oxygen atoms in total. The molecule has 1 aliphatic rings. The molecule has 0 aromatic heterocycles. The molecule has 4 aromatic carbocycles. The summed E-state index contributed by atoms with van der Waals surface area (Å²) in [4.78, 5) is 59.1. The zero-order valence-corrected chi connectivity index (χ0v) is 35.3. The molecule has 1 fully saturated rings. The van der Waals surface area contributed by atoms with Crippen molar-refractivity contribution >= 4 is 60.3 Å². The van der Waals surface area contributed by atoms with Crippen molar-refractivity contribution in [3.05, 3.63) is 133 Å². The molecule has 0 bridgehead atoms. The first-order valence-electron chi connectivity index (χ1n) is 18.7. The molecule has 11 heteroatoms. The number of ether oxygens (including phenoxy) is 3. The highest BCUT2D eigenvalue weighted by Crippen LogP contribution is 2.51. The summed E-state index contributed by atoms with van der Waals surface area (Å²) in [6, 6.07) is 34.1. The summed E-state index contributed by atoms with van der Waals surface area (Å²) in [6.45, 7) is 14.4. The van der Waals surface area contributed by atoms with E-state index in [0.717, 1.165) is 15.9 Å². The Morgan fingerprint density at radius 3 is 1.73 bits per heavy atom. The van der Waals surface area contributed by atoms with Gasteiger partial charge in [0.25, 0.3) is 0 Å². The highest BCUT2D eigenvalue weighted by molar-refractivity contribution is 7.96. The van der Waals surface area contributed by atoms with Gasteiger partial charge < -0.3 is 23.5 Å². The first kappa shape index (κ1) is 42.1. The minimum Gasteiger partial charge on any atom is -0.497 e. The van der Waals surface area contributed by atoms with E-state index >= 15 is 4.79 Å². The summed E-state index contributed by atoms with van der Waals surface area (Å²) in [7, 11) is -0.936. The fourth-order valence-corrected chi connectivity index (χ4v) is 12.8. The van der Waals surface area contributed by atoms with Crippen LogP contribution in [0, 0.1) is 11.8 Å². The normalized spacial score (nSPS) is 16.9. The van der Waals surface area contributed by atoms with Gasteiger partial charge in [0.15, 0.2) is 8.32 Å². The summed E-state index contributed by atoms with van der Waals surface area (Å²) in [6.07, 6.45) is 0.821. The van der Waals surface area contributed by atoms with Gasteiger partial charge in [-0.25, -0.2) is 9.59 Å². The largest absolute Gasteiger partial charge is 0.497 e. The van der Waals surface area contributed by atoms with Gasteiger partial charge in [0.1, 0.15) is 17.8 Å². The van der Waals surface area contributed by atoms with Gasteiger partial charge in [-0.2, -0.15) is 0 Å². The van der Waals surface area contributed by atoms with Gasteiger partial charge >= 0.3 is 17.9 Å².